The summed E-state index contributed by atoms with van der Waals surface area (Å²) in [4.78, 5) is 0. The Balaban J connectivity index is 4.70. The van der Waals surface area contributed by atoms with Crippen LogP contribution in [-0.2, 0) is 8.26 Å². The van der Waals surface area contributed by atoms with E-state index in [9.17, 15) is 26.0 Å². The number of alkyl halides is 6. The average Bonchev–Trinajstić information content (AvgIpc) is 1.52. The van der Waals surface area contributed by atoms with Gasteiger partial charge in [-0.2, -0.15) is 0 Å². The summed E-state index contributed by atoms with van der Waals surface area (Å²) in [7, 11) is -5.15. The molecule has 0 unspecified atom stereocenters. The van der Waals surface area contributed by atoms with Crippen LogP contribution in [0.15, 0.2) is 0 Å². The minimum absolute atomic E-state index is 2.97. The molecule has 0 aliphatic heterocycles. The van der Waals surface area contributed by atoms with Gasteiger partial charge in [0.1, 0.15) is 0 Å². The minimum atomic E-state index is -5.15. The standard InChI is InChI=1S/C2Cl2F4O2SSe/c3-1(4,5)11(9,10)12-2(6,7)8. The second-order valence-electron chi connectivity index (χ2n) is 1.43. The summed E-state index contributed by atoms with van der Waals surface area (Å²) in [5, 5.41) is -4.99. The first-order valence-corrected chi connectivity index (χ1v) is 7.16. The van der Waals surface area contributed by atoms with Gasteiger partial charge in [0.25, 0.3) is 0 Å². The molecule has 0 aliphatic rings. The molecule has 0 fully saturated rings. The molecule has 0 aromatic rings. The summed E-state index contributed by atoms with van der Waals surface area (Å²) >= 11 is 5.74. The Morgan fingerprint density at radius 1 is 1.08 bits per heavy atom. The van der Waals surface area contributed by atoms with Gasteiger partial charge in [-0.3, -0.25) is 0 Å². The van der Waals surface area contributed by atoms with E-state index in [-0.39, 0.29) is 0 Å². The summed E-state index contributed by atoms with van der Waals surface area (Å²) in [5.74, 6) is 0. The number of halogens is 6. The van der Waals surface area contributed by atoms with E-state index in [1.165, 1.54) is 0 Å². The average molecular weight is 314 g/mol. The molecule has 10 heteroatoms. The van der Waals surface area contributed by atoms with Crippen molar-refractivity contribution in [1.82, 2.24) is 0 Å². The maximum absolute atomic E-state index is 12.2. The molecule has 0 bridgehead atoms. The monoisotopic (exact) mass is 314 g/mol. The van der Waals surface area contributed by atoms with E-state index in [4.69, 9.17) is 0 Å². The third-order valence-electron chi connectivity index (χ3n) is 0.488. The Hall–Kier alpha value is 0.769. The Labute approximate surface area is 80.3 Å². The van der Waals surface area contributed by atoms with Crippen LogP contribution in [0.1, 0.15) is 0 Å². The van der Waals surface area contributed by atoms with Crippen molar-refractivity contribution in [2.24, 2.45) is 0 Å². The van der Waals surface area contributed by atoms with Crippen LogP contribution >= 0.6 is 23.2 Å². The molecule has 0 atom stereocenters. The second kappa shape index (κ2) is 3.49. The molecular weight excluding hydrogens is 314 g/mol. The van der Waals surface area contributed by atoms with Gasteiger partial charge in [0.05, 0.1) is 0 Å². The van der Waals surface area contributed by atoms with Crippen LogP contribution in [0.5, 0.6) is 0 Å². The first-order valence-electron chi connectivity index (χ1n) is 2.04. The molecule has 0 aromatic heterocycles. The molecule has 0 heterocycles. The van der Waals surface area contributed by atoms with Crippen LogP contribution in [0.2, 0.25) is 0 Å². The van der Waals surface area contributed by atoms with Crippen LogP contribution in [0.4, 0.5) is 17.6 Å². The van der Waals surface area contributed by atoms with Gasteiger partial charge in [-0.1, -0.05) is 0 Å². The van der Waals surface area contributed by atoms with Gasteiger partial charge in [-0.25, -0.2) is 0 Å². The van der Waals surface area contributed by atoms with Crippen LogP contribution in [0.3, 0.4) is 0 Å². The molecular formula is C2Cl2F4O2SSe. The van der Waals surface area contributed by atoms with Crippen molar-refractivity contribution in [1.29, 1.82) is 0 Å². The molecule has 0 spiro atoms. The van der Waals surface area contributed by atoms with E-state index in [0.717, 1.165) is 0 Å². The van der Waals surface area contributed by atoms with Crippen molar-refractivity contribution in [3.8, 4) is 0 Å². The van der Waals surface area contributed by atoms with Gasteiger partial charge in [0.15, 0.2) is 0 Å². The SMILES string of the molecule is O=S(=O)([Se]C(F)(F)F)C(F)(Cl)Cl. The fourth-order valence-corrected chi connectivity index (χ4v) is 3.66. The van der Waals surface area contributed by atoms with Gasteiger partial charge < -0.3 is 0 Å². The predicted molar refractivity (Wildman–Crippen MR) is 36.3 cm³/mol. The topological polar surface area (TPSA) is 34.1 Å². The molecule has 0 N–H and O–H groups in total. The van der Waals surface area contributed by atoms with Crippen molar-refractivity contribution in [3.05, 3.63) is 0 Å². The van der Waals surface area contributed by atoms with E-state index in [1.54, 1.807) is 0 Å². The summed E-state index contributed by atoms with van der Waals surface area (Å²) in [6, 6.07) is 0. The van der Waals surface area contributed by atoms with E-state index < -0.39 is 31.1 Å². The van der Waals surface area contributed by atoms with Gasteiger partial charge >= 0.3 is 80.3 Å². The Bertz CT molecular complexity index is 253. The Morgan fingerprint density at radius 2 is 1.42 bits per heavy atom. The van der Waals surface area contributed by atoms with Crippen LogP contribution in [0.25, 0.3) is 0 Å². The van der Waals surface area contributed by atoms with Crippen LogP contribution in [-0.4, -0.2) is 31.2 Å². The first kappa shape index (κ1) is 12.8. The number of rotatable bonds is 2. The molecule has 0 aliphatic carbocycles. The van der Waals surface area contributed by atoms with E-state index >= 15 is 0 Å². The van der Waals surface area contributed by atoms with E-state index in [2.05, 4.69) is 23.2 Å². The molecule has 0 radical (unpaired) electrons. The summed E-state index contributed by atoms with van der Waals surface area (Å²) in [6.45, 7) is 0. The third kappa shape index (κ3) is 4.13. The predicted octanol–water partition coefficient (Wildman–Crippen LogP) is 1.60. The first-order chi connectivity index (χ1) is 4.96. The van der Waals surface area contributed by atoms with Crippen LogP contribution < -0.4 is 0 Å². The summed E-state index contributed by atoms with van der Waals surface area (Å²) in [6.07, 6.45) is 0. The van der Waals surface area contributed by atoms with Crippen LogP contribution in [0, 0.1) is 0 Å². The van der Waals surface area contributed by atoms with Crippen molar-refractivity contribution >= 4 is 45.3 Å². The van der Waals surface area contributed by atoms with Crippen molar-refractivity contribution in [2.45, 2.75) is 8.99 Å². The Kier molecular flexibility index (Phi) is 3.72. The fraction of sp³-hybridized carbons (Fsp3) is 1.00. The molecule has 2 nitrogen and oxygen atoms in total. The van der Waals surface area contributed by atoms with Gasteiger partial charge in [-0.15, -0.1) is 0 Å². The molecule has 0 saturated heterocycles. The molecule has 0 aromatic carbocycles. The quantitative estimate of drug-likeness (QED) is 0.441. The number of hydrogen-bond acceptors (Lipinski definition) is 2. The van der Waals surface area contributed by atoms with E-state index in [0.29, 0.717) is 0 Å². The Morgan fingerprint density at radius 3 is 1.50 bits per heavy atom. The van der Waals surface area contributed by atoms with E-state index in [1.807, 2.05) is 0 Å². The normalized spacial score (nSPS) is 14.8. The summed E-state index contributed by atoms with van der Waals surface area (Å²) in [5.41, 5.74) is 0. The molecule has 0 saturated carbocycles. The molecule has 0 amide bonds. The molecule has 12 heavy (non-hydrogen) atoms. The fourth-order valence-electron chi connectivity index (χ4n) is 0.172. The van der Waals surface area contributed by atoms with Gasteiger partial charge in [0, 0.05) is 0 Å². The van der Waals surface area contributed by atoms with Crippen molar-refractivity contribution in [3.63, 3.8) is 0 Å². The summed E-state index contributed by atoms with van der Waals surface area (Å²) < 4.78 is 63.3. The zero-order chi connectivity index (χ0) is 10.2. The number of hydrogen-bond donors (Lipinski definition) is 0. The van der Waals surface area contributed by atoms with Gasteiger partial charge in [-0.05, 0) is 0 Å². The van der Waals surface area contributed by atoms with Crippen molar-refractivity contribution in [2.75, 3.05) is 0 Å². The molecule has 0 rings (SSSR count). The van der Waals surface area contributed by atoms with Gasteiger partial charge in [0.2, 0.25) is 0 Å². The zero-order valence-corrected chi connectivity index (χ0v) is 8.94. The molecule has 74 valence electrons. The van der Waals surface area contributed by atoms with Crippen molar-refractivity contribution < 1.29 is 26.0 Å². The zero-order valence-electron chi connectivity index (χ0n) is 4.90. The maximum atomic E-state index is 12.2. The third-order valence-corrected chi connectivity index (χ3v) is 7.94. The second-order valence-corrected chi connectivity index (χ2v) is 9.53.